The standard InChI is InChI=1S/C25H31N5O4/c1-16(26)30-13-10-20(15-30)33-19-7-5-18(6-8-19)23(24(31)32)34-22-4-2-3-17-9-12-29(25(27)28)14-11-21(17)22/h2-8,20,23,26H,9-15H2,1H3,(H3,27,28)(H,31,32). The monoisotopic (exact) mass is 465 g/mol. The first-order valence-electron chi connectivity index (χ1n) is 11.5. The molecule has 0 bridgehead atoms. The van der Waals surface area contributed by atoms with Crippen molar-refractivity contribution in [1.82, 2.24) is 9.80 Å². The number of carboxylic acid groups (broad SMARTS) is 1. The van der Waals surface area contributed by atoms with Crippen molar-refractivity contribution in [3.8, 4) is 11.5 Å². The van der Waals surface area contributed by atoms with Gasteiger partial charge in [0.2, 0.25) is 6.10 Å². The highest BCUT2D eigenvalue weighted by molar-refractivity contribution is 5.77. The van der Waals surface area contributed by atoms with E-state index in [0.29, 0.717) is 55.4 Å². The van der Waals surface area contributed by atoms with Crippen LogP contribution in [0.2, 0.25) is 0 Å². The molecule has 2 aliphatic rings. The topological polar surface area (TPSA) is 136 Å². The summed E-state index contributed by atoms with van der Waals surface area (Å²) in [5.74, 6) is 0.720. The molecule has 0 amide bonds. The number of nitrogens with two attached hydrogens (primary N) is 1. The number of hydrogen-bond donors (Lipinski definition) is 4. The molecule has 2 atom stereocenters. The van der Waals surface area contributed by atoms with Gasteiger partial charge in [0.1, 0.15) is 17.6 Å². The zero-order valence-corrected chi connectivity index (χ0v) is 19.3. The molecule has 0 radical (unpaired) electrons. The normalized spacial score (nSPS) is 18.6. The van der Waals surface area contributed by atoms with Crippen molar-refractivity contribution in [2.75, 3.05) is 26.2 Å². The number of carboxylic acids is 1. The molecule has 0 aliphatic carbocycles. The van der Waals surface area contributed by atoms with E-state index in [0.717, 1.165) is 24.1 Å². The van der Waals surface area contributed by atoms with E-state index in [4.69, 9.17) is 26.0 Å². The van der Waals surface area contributed by atoms with Crippen LogP contribution in [0.4, 0.5) is 0 Å². The van der Waals surface area contributed by atoms with Crippen LogP contribution in [-0.4, -0.2) is 65.0 Å². The van der Waals surface area contributed by atoms with Gasteiger partial charge in [0.15, 0.2) is 5.96 Å². The van der Waals surface area contributed by atoms with Crippen LogP contribution >= 0.6 is 0 Å². The molecule has 5 N–H and O–H groups in total. The minimum Gasteiger partial charge on any atom is -0.489 e. The Morgan fingerprint density at radius 3 is 2.47 bits per heavy atom. The quantitative estimate of drug-likeness (QED) is 0.380. The maximum atomic E-state index is 12.1. The number of aliphatic carboxylic acids is 1. The summed E-state index contributed by atoms with van der Waals surface area (Å²) in [6, 6.07) is 12.7. The summed E-state index contributed by atoms with van der Waals surface area (Å²) >= 11 is 0. The van der Waals surface area contributed by atoms with E-state index in [1.165, 1.54) is 0 Å². The number of amidine groups is 1. The Bertz CT molecular complexity index is 1070. The summed E-state index contributed by atoms with van der Waals surface area (Å²) in [6.07, 6.45) is 1.03. The Labute approximate surface area is 199 Å². The van der Waals surface area contributed by atoms with Crippen LogP contribution in [0.1, 0.15) is 36.1 Å². The molecule has 9 heteroatoms. The van der Waals surface area contributed by atoms with Crippen molar-refractivity contribution in [2.45, 2.75) is 38.4 Å². The third kappa shape index (κ3) is 5.24. The van der Waals surface area contributed by atoms with Crippen molar-refractivity contribution < 1.29 is 19.4 Å². The third-order valence-corrected chi connectivity index (χ3v) is 6.43. The molecule has 1 saturated heterocycles. The number of nitrogens with zero attached hydrogens (tertiary/aromatic N) is 2. The van der Waals surface area contributed by atoms with Gasteiger partial charge in [-0.2, -0.15) is 0 Å². The molecule has 180 valence electrons. The summed E-state index contributed by atoms with van der Waals surface area (Å²) in [4.78, 5) is 15.9. The van der Waals surface area contributed by atoms with Crippen LogP contribution in [0.5, 0.6) is 11.5 Å². The maximum Gasteiger partial charge on any atom is 0.349 e. The SMILES string of the molecule is CC(=N)N1CCC(Oc2ccc(C(Oc3cccc4c3CCN(C(=N)N)CC4)C(=O)O)cc2)C1. The Kier molecular flexibility index (Phi) is 6.90. The summed E-state index contributed by atoms with van der Waals surface area (Å²) in [5, 5.41) is 25.4. The number of ether oxygens (including phenoxy) is 2. The first kappa shape index (κ1) is 23.4. The van der Waals surface area contributed by atoms with Crippen molar-refractivity contribution in [1.29, 1.82) is 10.8 Å². The van der Waals surface area contributed by atoms with E-state index in [1.54, 1.807) is 37.3 Å². The lowest BCUT2D eigenvalue weighted by Gasteiger charge is -2.20. The van der Waals surface area contributed by atoms with Crippen LogP contribution in [0.3, 0.4) is 0 Å². The molecule has 2 unspecified atom stereocenters. The molecule has 2 aromatic carbocycles. The van der Waals surface area contributed by atoms with Crippen LogP contribution in [-0.2, 0) is 17.6 Å². The molecule has 0 spiro atoms. The molecule has 2 heterocycles. The third-order valence-electron chi connectivity index (χ3n) is 6.43. The molecule has 34 heavy (non-hydrogen) atoms. The molecule has 0 saturated carbocycles. The number of likely N-dealkylation sites (tertiary alicyclic amines) is 1. The molecule has 2 aliphatic heterocycles. The van der Waals surface area contributed by atoms with Gasteiger partial charge in [-0.1, -0.05) is 24.3 Å². The highest BCUT2D eigenvalue weighted by atomic mass is 16.5. The van der Waals surface area contributed by atoms with Gasteiger partial charge in [-0.05, 0) is 49.1 Å². The number of benzene rings is 2. The molecule has 0 aromatic heterocycles. The first-order valence-corrected chi connectivity index (χ1v) is 11.5. The predicted molar refractivity (Wildman–Crippen MR) is 129 cm³/mol. The average Bonchev–Trinajstić information content (AvgIpc) is 3.16. The fraction of sp³-hybridized carbons (Fsp3) is 0.400. The van der Waals surface area contributed by atoms with Gasteiger partial charge in [0.05, 0.1) is 12.4 Å². The predicted octanol–water partition coefficient (Wildman–Crippen LogP) is 2.64. The van der Waals surface area contributed by atoms with Crippen molar-refractivity contribution in [3.63, 3.8) is 0 Å². The minimum absolute atomic E-state index is 0.00650. The van der Waals surface area contributed by atoms with E-state index in [-0.39, 0.29) is 12.1 Å². The number of hydrogen-bond acceptors (Lipinski definition) is 5. The molecular weight excluding hydrogens is 434 g/mol. The van der Waals surface area contributed by atoms with Gasteiger partial charge in [0.25, 0.3) is 0 Å². The number of carbonyl (C=O) groups is 1. The number of guanidine groups is 1. The molecule has 9 nitrogen and oxygen atoms in total. The fourth-order valence-corrected chi connectivity index (χ4v) is 4.53. The zero-order chi connectivity index (χ0) is 24.2. The fourth-order valence-electron chi connectivity index (χ4n) is 4.53. The molecule has 2 aromatic rings. The van der Waals surface area contributed by atoms with Crippen molar-refractivity contribution in [2.24, 2.45) is 5.73 Å². The van der Waals surface area contributed by atoms with E-state index in [1.807, 2.05) is 21.9 Å². The summed E-state index contributed by atoms with van der Waals surface area (Å²) < 4.78 is 12.1. The Hall–Kier alpha value is -3.75. The van der Waals surface area contributed by atoms with Gasteiger partial charge < -0.3 is 30.1 Å². The van der Waals surface area contributed by atoms with Crippen LogP contribution in [0.15, 0.2) is 42.5 Å². The average molecular weight is 466 g/mol. The largest absolute Gasteiger partial charge is 0.489 e. The van der Waals surface area contributed by atoms with Crippen LogP contribution < -0.4 is 15.2 Å². The Morgan fingerprint density at radius 2 is 1.82 bits per heavy atom. The zero-order valence-electron chi connectivity index (χ0n) is 19.3. The first-order chi connectivity index (χ1) is 16.3. The van der Waals surface area contributed by atoms with Gasteiger partial charge in [-0.25, -0.2) is 4.79 Å². The highest BCUT2D eigenvalue weighted by Gasteiger charge is 2.27. The lowest BCUT2D eigenvalue weighted by atomic mass is 10.0. The van der Waals surface area contributed by atoms with Gasteiger partial charge in [0, 0.05) is 31.6 Å². The van der Waals surface area contributed by atoms with Crippen LogP contribution in [0, 0.1) is 10.8 Å². The summed E-state index contributed by atoms with van der Waals surface area (Å²) in [6.45, 7) is 4.49. The summed E-state index contributed by atoms with van der Waals surface area (Å²) in [5.41, 5.74) is 8.24. The van der Waals surface area contributed by atoms with Gasteiger partial charge >= 0.3 is 5.97 Å². The lowest BCUT2D eigenvalue weighted by Crippen LogP contribution is -2.38. The van der Waals surface area contributed by atoms with E-state index >= 15 is 0 Å². The summed E-state index contributed by atoms with van der Waals surface area (Å²) in [7, 11) is 0. The second kappa shape index (κ2) is 10.0. The number of rotatable bonds is 6. The number of nitrogens with one attached hydrogen (secondary N) is 2. The van der Waals surface area contributed by atoms with Crippen molar-refractivity contribution >= 4 is 17.8 Å². The second-order valence-electron chi connectivity index (χ2n) is 8.73. The maximum absolute atomic E-state index is 12.1. The molecule has 4 rings (SSSR count). The molecular formula is C25H31N5O4. The van der Waals surface area contributed by atoms with E-state index in [2.05, 4.69) is 0 Å². The Balaban J connectivity index is 1.47. The van der Waals surface area contributed by atoms with Gasteiger partial charge in [-0.15, -0.1) is 0 Å². The minimum atomic E-state index is -1.16. The molecule has 1 fully saturated rings. The lowest BCUT2D eigenvalue weighted by molar-refractivity contribution is -0.145. The smallest absolute Gasteiger partial charge is 0.349 e. The van der Waals surface area contributed by atoms with Crippen LogP contribution in [0.25, 0.3) is 0 Å². The van der Waals surface area contributed by atoms with E-state index in [9.17, 15) is 9.90 Å². The van der Waals surface area contributed by atoms with Gasteiger partial charge in [-0.3, -0.25) is 10.8 Å². The Morgan fingerprint density at radius 1 is 1.09 bits per heavy atom. The second-order valence-corrected chi connectivity index (χ2v) is 8.73. The van der Waals surface area contributed by atoms with E-state index < -0.39 is 12.1 Å². The highest BCUT2D eigenvalue weighted by Crippen LogP contribution is 2.31. The number of fused-ring (bicyclic) bond motifs is 1. The van der Waals surface area contributed by atoms with Crippen molar-refractivity contribution in [3.05, 3.63) is 59.2 Å².